The Labute approximate surface area is 122 Å². The summed E-state index contributed by atoms with van der Waals surface area (Å²) < 4.78 is 31.8. The normalized spacial score (nSPS) is 14.9. The first-order chi connectivity index (χ1) is 10.4. The number of nitrogens with zero attached hydrogens (tertiary/aromatic N) is 1. The molecule has 22 heavy (non-hydrogen) atoms. The molecule has 1 aromatic carbocycles. The number of halogens is 2. The third-order valence-electron chi connectivity index (χ3n) is 3.27. The lowest BCUT2D eigenvalue weighted by Crippen LogP contribution is -2.28. The highest BCUT2D eigenvalue weighted by Crippen LogP contribution is 2.48. The molecule has 1 aliphatic heterocycles. The van der Waals surface area contributed by atoms with E-state index in [1.54, 1.807) is 0 Å². The Bertz CT molecular complexity index is 783. The molecular formula is C14H9F2NO5. The van der Waals surface area contributed by atoms with Gasteiger partial charge >= 0.3 is 0 Å². The smallest absolute Gasteiger partial charge is 0.256 e. The van der Waals surface area contributed by atoms with Gasteiger partial charge in [-0.2, -0.15) is 0 Å². The summed E-state index contributed by atoms with van der Waals surface area (Å²) in [4.78, 5) is 23.9. The highest BCUT2D eigenvalue weighted by Gasteiger charge is 2.37. The van der Waals surface area contributed by atoms with Crippen LogP contribution in [0.1, 0.15) is 12.8 Å². The zero-order valence-electron chi connectivity index (χ0n) is 11.0. The van der Waals surface area contributed by atoms with E-state index in [0.29, 0.717) is 11.0 Å². The molecule has 0 spiro atoms. The number of amides is 2. The van der Waals surface area contributed by atoms with Crippen LogP contribution in [0.2, 0.25) is 0 Å². The van der Waals surface area contributed by atoms with E-state index < -0.39 is 46.6 Å². The molecule has 0 radical (unpaired) electrons. The van der Waals surface area contributed by atoms with E-state index in [-0.39, 0.29) is 18.4 Å². The van der Waals surface area contributed by atoms with Gasteiger partial charge in [-0.3, -0.25) is 9.59 Å². The van der Waals surface area contributed by atoms with Gasteiger partial charge in [-0.15, -0.1) is 0 Å². The summed E-state index contributed by atoms with van der Waals surface area (Å²) in [5, 5.41) is 19.7. The number of carbonyl (C=O) groups excluding carboxylic acids is 2. The molecule has 0 atom stereocenters. The summed E-state index contributed by atoms with van der Waals surface area (Å²) >= 11 is 0. The van der Waals surface area contributed by atoms with Crippen LogP contribution in [0.5, 0.6) is 11.5 Å². The highest BCUT2D eigenvalue weighted by molar-refractivity contribution is 6.20. The second kappa shape index (κ2) is 4.83. The number of hydrogen-bond donors (Lipinski definition) is 2. The molecule has 1 aromatic heterocycles. The molecule has 114 valence electrons. The number of furan rings is 1. The summed E-state index contributed by atoms with van der Waals surface area (Å²) in [6.45, 7) is 0. The van der Waals surface area contributed by atoms with Crippen LogP contribution in [-0.4, -0.2) is 22.0 Å². The van der Waals surface area contributed by atoms with Crippen LogP contribution in [0, 0.1) is 11.6 Å². The van der Waals surface area contributed by atoms with Crippen molar-refractivity contribution in [3.8, 4) is 22.8 Å². The molecule has 2 heterocycles. The van der Waals surface area contributed by atoms with Crippen LogP contribution >= 0.6 is 0 Å². The van der Waals surface area contributed by atoms with Crippen molar-refractivity contribution in [1.29, 1.82) is 0 Å². The Balaban J connectivity index is 2.14. The average Bonchev–Trinajstić information content (AvgIpc) is 2.93. The molecule has 6 nitrogen and oxygen atoms in total. The van der Waals surface area contributed by atoms with E-state index in [0.717, 1.165) is 12.1 Å². The highest BCUT2D eigenvalue weighted by atomic mass is 19.1. The fourth-order valence-electron chi connectivity index (χ4n) is 2.21. The van der Waals surface area contributed by atoms with Crippen LogP contribution < -0.4 is 4.90 Å². The summed E-state index contributed by atoms with van der Waals surface area (Å²) in [6.07, 6.45) is -0.111. The maximum atomic E-state index is 13.7. The summed E-state index contributed by atoms with van der Waals surface area (Å²) in [5.41, 5.74) is -0.320. The minimum Gasteiger partial charge on any atom is -0.502 e. The van der Waals surface area contributed by atoms with Crippen LogP contribution in [0.4, 0.5) is 14.7 Å². The zero-order chi connectivity index (χ0) is 16.0. The SMILES string of the molecule is O=C1CCC(=O)N1c1oc(-c2ccc(F)cc2F)c(O)c1O. The van der Waals surface area contributed by atoms with E-state index in [9.17, 15) is 28.6 Å². The van der Waals surface area contributed by atoms with E-state index in [1.807, 2.05) is 0 Å². The number of hydrogen-bond acceptors (Lipinski definition) is 5. The van der Waals surface area contributed by atoms with Gasteiger partial charge < -0.3 is 14.6 Å². The van der Waals surface area contributed by atoms with Crippen molar-refractivity contribution in [1.82, 2.24) is 0 Å². The van der Waals surface area contributed by atoms with Crippen LogP contribution in [0.3, 0.4) is 0 Å². The third kappa shape index (κ3) is 2.00. The second-order valence-electron chi connectivity index (χ2n) is 4.68. The lowest BCUT2D eigenvalue weighted by Gasteiger charge is -2.09. The average molecular weight is 309 g/mol. The Morgan fingerprint density at radius 2 is 1.68 bits per heavy atom. The van der Waals surface area contributed by atoms with Crippen molar-refractivity contribution in [2.24, 2.45) is 0 Å². The predicted molar refractivity (Wildman–Crippen MR) is 69.1 cm³/mol. The van der Waals surface area contributed by atoms with Gasteiger partial charge in [0.1, 0.15) is 11.6 Å². The van der Waals surface area contributed by atoms with Crippen LogP contribution in [0.25, 0.3) is 11.3 Å². The molecule has 2 amide bonds. The number of imide groups is 1. The van der Waals surface area contributed by atoms with E-state index in [1.165, 1.54) is 0 Å². The van der Waals surface area contributed by atoms with Crippen molar-refractivity contribution >= 4 is 17.7 Å². The molecule has 1 fully saturated rings. The Hall–Kier alpha value is -2.90. The molecule has 0 bridgehead atoms. The van der Waals surface area contributed by atoms with Crippen LogP contribution in [-0.2, 0) is 9.59 Å². The van der Waals surface area contributed by atoms with Gasteiger partial charge in [0.05, 0.1) is 5.56 Å². The van der Waals surface area contributed by atoms with Gasteiger partial charge in [-0.25, -0.2) is 13.7 Å². The van der Waals surface area contributed by atoms with E-state index >= 15 is 0 Å². The molecule has 1 saturated heterocycles. The third-order valence-corrected chi connectivity index (χ3v) is 3.27. The van der Waals surface area contributed by atoms with Gasteiger partial charge in [-0.05, 0) is 12.1 Å². The van der Waals surface area contributed by atoms with Crippen molar-refractivity contribution < 1.29 is 33.0 Å². The topological polar surface area (TPSA) is 91.0 Å². The maximum absolute atomic E-state index is 13.7. The fourth-order valence-corrected chi connectivity index (χ4v) is 2.21. The largest absolute Gasteiger partial charge is 0.502 e. The number of aromatic hydroxyl groups is 2. The summed E-state index contributed by atoms with van der Waals surface area (Å²) in [7, 11) is 0. The molecule has 1 aliphatic rings. The monoisotopic (exact) mass is 309 g/mol. The minimum absolute atomic E-state index is 0.0556. The van der Waals surface area contributed by atoms with Gasteiger partial charge in [0.15, 0.2) is 5.76 Å². The molecule has 8 heteroatoms. The standard InChI is InChI=1S/C14H9F2NO5/c15-6-1-2-7(8(16)5-6)13-11(20)12(21)14(22-13)17-9(18)3-4-10(17)19/h1-2,5,20-21H,3-4H2. The Morgan fingerprint density at radius 1 is 1.05 bits per heavy atom. The maximum Gasteiger partial charge on any atom is 0.256 e. The van der Waals surface area contributed by atoms with Crippen molar-refractivity contribution in [2.45, 2.75) is 12.8 Å². The predicted octanol–water partition coefficient (Wildman–Crippen LogP) is 2.29. The molecule has 3 rings (SSSR count). The van der Waals surface area contributed by atoms with E-state index in [2.05, 4.69) is 0 Å². The van der Waals surface area contributed by atoms with Crippen molar-refractivity contribution in [2.75, 3.05) is 4.90 Å². The first kappa shape index (κ1) is 14.1. The first-order valence-electron chi connectivity index (χ1n) is 6.26. The fraction of sp³-hybridized carbons (Fsp3) is 0.143. The number of carbonyl (C=O) groups is 2. The lowest BCUT2D eigenvalue weighted by molar-refractivity contribution is -0.121. The van der Waals surface area contributed by atoms with E-state index in [4.69, 9.17) is 4.42 Å². The van der Waals surface area contributed by atoms with Gasteiger partial charge in [0.2, 0.25) is 23.3 Å². The number of benzene rings is 1. The van der Waals surface area contributed by atoms with Gasteiger partial charge in [0, 0.05) is 18.9 Å². The minimum atomic E-state index is -1.03. The number of anilines is 1. The second-order valence-corrected chi connectivity index (χ2v) is 4.68. The molecule has 2 N–H and O–H groups in total. The zero-order valence-corrected chi connectivity index (χ0v) is 11.0. The summed E-state index contributed by atoms with van der Waals surface area (Å²) in [5.74, 6) is -5.87. The molecule has 0 unspecified atom stereocenters. The van der Waals surface area contributed by atoms with Crippen molar-refractivity contribution in [3.63, 3.8) is 0 Å². The first-order valence-corrected chi connectivity index (χ1v) is 6.26. The molecule has 0 aliphatic carbocycles. The van der Waals surface area contributed by atoms with Gasteiger partial charge in [0.25, 0.3) is 5.88 Å². The van der Waals surface area contributed by atoms with Crippen LogP contribution in [0.15, 0.2) is 22.6 Å². The quantitative estimate of drug-likeness (QED) is 0.831. The Morgan fingerprint density at radius 3 is 2.27 bits per heavy atom. The molecular weight excluding hydrogens is 300 g/mol. The lowest BCUT2D eigenvalue weighted by atomic mass is 10.1. The van der Waals surface area contributed by atoms with Gasteiger partial charge in [-0.1, -0.05) is 0 Å². The number of rotatable bonds is 2. The summed E-state index contributed by atoms with van der Waals surface area (Å²) in [6, 6.07) is 2.50. The van der Waals surface area contributed by atoms with Crippen molar-refractivity contribution in [3.05, 3.63) is 29.8 Å². The molecule has 0 saturated carbocycles. The Kier molecular flexibility index (Phi) is 3.09. The molecule has 2 aromatic rings.